The topological polar surface area (TPSA) is 91.3 Å². The van der Waals surface area contributed by atoms with E-state index in [1.807, 2.05) is 36.6 Å². The first-order chi connectivity index (χ1) is 16.1. The molecule has 2 fully saturated rings. The Kier molecular flexibility index (Phi) is 7.15. The summed E-state index contributed by atoms with van der Waals surface area (Å²) in [6.07, 6.45) is 8.05. The third-order valence-corrected chi connectivity index (χ3v) is 8.99. The number of thiophene rings is 1. The zero-order valence-electron chi connectivity index (χ0n) is 20.5. The van der Waals surface area contributed by atoms with Gasteiger partial charge in [0.1, 0.15) is 0 Å². The third kappa shape index (κ3) is 5.52. The number of nitrogens with zero attached hydrogens (tertiary/aromatic N) is 1. The maximum atomic E-state index is 13.0. The second-order valence-corrected chi connectivity index (χ2v) is 12.2. The van der Waals surface area contributed by atoms with Gasteiger partial charge in [-0.2, -0.15) is 0 Å². The Morgan fingerprint density at radius 3 is 2.68 bits per heavy atom. The molecule has 34 heavy (non-hydrogen) atoms. The molecule has 2 aromatic heterocycles. The van der Waals surface area contributed by atoms with Crippen LogP contribution in [-0.2, 0) is 22.6 Å². The van der Waals surface area contributed by atoms with Crippen LogP contribution in [0.2, 0.25) is 0 Å². The Morgan fingerprint density at radius 2 is 1.97 bits per heavy atom. The molecule has 3 N–H and O–H groups in total. The summed E-state index contributed by atoms with van der Waals surface area (Å²) in [5, 5.41) is 19.3. The molecule has 2 heterocycles. The van der Waals surface area contributed by atoms with E-state index in [1.54, 1.807) is 23.7 Å². The highest BCUT2D eigenvalue weighted by molar-refractivity contribution is 7.10. The van der Waals surface area contributed by atoms with E-state index in [2.05, 4.69) is 29.5 Å². The van der Waals surface area contributed by atoms with Gasteiger partial charge in [0.15, 0.2) is 0 Å². The van der Waals surface area contributed by atoms with Crippen LogP contribution in [0.5, 0.6) is 0 Å². The molecule has 4 rings (SSSR count). The summed E-state index contributed by atoms with van der Waals surface area (Å²) < 4.78 is 0. The molecular weight excluding hydrogens is 446 g/mol. The predicted molar refractivity (Wildman–Crippen MR) is 134 cm³/mol. The molecule has 2 saturated carbocycles. The number of carbonyl (C=O) groups is 2. The minimum Gasteiger partial charge on any atom is -0.390 e. The van der Waals surface area contributed by atoms with Gasteiger partial charge in [0.25, 0.3) is 0 Å². The molecule has 0 bridgehead atoms. The van der Waals surface area contributed by atoms with Gasteiger partial charge >= 0.3 is 0 Å². The number of hydrogen-bond acceptors (Lipinski definition) is 5. The highest BCUT2D eigenvalue weighted by Crippen LogP contribution is 2.63. The number of aromatic nitrogens is 1. The van der Waals surface area contributed by atoms with Crippen molar-refractivity contribution in [2.24, 2.45) is 16.7 Å². The molecule has 6 nitrogen and oxygen atoms in total. The average Bonchev–Trinajstić information content (AvgIpc) is 3.36. The lowest BCUT2D eigenvalue weighted by atomic mass is 9.57. The van der Waals surface area contributed by atoms with Gasteiger partial charge in [0.05, 0.1) is 12.0 Å². The molecular formula is C27H37N3O3S. The van der Waals surface area contributed by atoms with Crippen molar-refractivity contribution in [3.05, 3.63) is 52.5 Å². The lowest BCUT2D eigenvalue weighted by Gasteiger charge is -2.50. The number of pyridine rings is 1. The van der Waals surface area contributed by atoms with Crippen LogP contribution in [0, 0.1) is 16.7 Å². The molecule has 0 spiro atoms. The number of rotatable bonds is 8. The molecule has 2 aliphatic carbocycles. The fraction of sp³-hybridized carbons (Fsp3) is 0.593. The van der Waals surface area contributed by atoms with E-state index in [0.717, 1.165) is 23.3 Å². The van der Waals surface area contributed by atoms with E-state index in [4.69, 9.17) is 0 Å². The van der Waals surface area contributed by atoms with Gasteiger partial charge in [-0.05, 0) is 78.9 Å². The van der Waals surface area contributed by atoms with Crippen molar-refractivity contribution in [1.82, 2.24) is 15.6 Å². The molecule has 4 atom stereocenters. The van der Waals surface area contributed by atoms with Crippen molar-refractivity contribution in [1.29, 1.82) is 0 Å². The molecule has 2 amide bonds. The smallest absolute Gasteiger partial charge is 0.225 e. The first-order valence-corrected chi connectivity index (χ1v) is 13.2. The third-order valence-electron chi connectivity index (χ3n) is 8.11. The van der Waals surface area contributed by atoms with E-state index >= 15 is 0 Å². The van der Waals surface area contributed by atoms with Crippen molar-refractivity contribution in [2.45, 2.75) is 83.9 Å². The van der Waals surface area contributed by atoms with Crippen molar-refractivity contribution < 1.29 is 14.7 Å². The largest absolute Gasteiger partial charge is 0.390 e. The summed E-state index contributed by atoms with van der Waals surface area (Å²) in [5.74, 6) is 0.297. The number of aliphatic hydroxyl groups is 1. The maximum absolute atomic E-state index is 13.0. The molecule has 184 valence electrons. The van der Waals surface area contributed by atoms with Crippen molar-refractivity contribution in [3.63, 3.8) is 0 Å². The monoisotopic (exact) mass is 483 g/mol. The standard InChI is InChI=1S/C27H37N3O3S/c1-25(2)16-22(30-24(32)14-20-7-5-13-34-20)27(11-10-26(3,33)15-21(25)27)9-8-23(31)29-18-19-6-4-12-28-17-19/h4-7,12-13,17,21-22,33H,8-11,14-16,18H2,1-3H3,(H,29,31)(H,30,32)/t21-,22-,26+,27+/m0/s1. The predicted octanol–water partition coefficient (Wildman–Crippen LogP) is 4.23. The highest BCUT2D eigenvalue weighted by atomic mass is 32.1. The summed E-state index contributed by atoms with van der Waals surface area (Å²) in [6, 6.07) is 7.78. The second-order valence-electron chi connectivity index (χ2n) is 11.2. The second kappa shape index (κ2) is 9.78. The number of amides is 2. The Labute approximate surface area is 206 Å². The van der Waals surface area contributed by atoms with Gasteiger partial charge in [0, 0.05) is 36.3 Å². The molecule has 0 aliphatic heterocycles. The average molecular weight is 484 g/mol. The summed E-state index contributed by atoms with van der Waals surface area (Å²) in [6.45, 7) is 6.89. The van der Waals surface area contributed by atoms with Crippen LogP contribution in [0.3, 0.4) is 0 Å². The van der Waals surface area contributed by atoms with E-state index in [9.17, 15) is 14.7 Å². The fourth-order valence-corrected chi connectivity index (χ4v) is 7.09. The Hall–Kier alpha value is -2.25. The maximum Gasteiger partial charge on any atom is 0.225 e. The minimum atomic E-state index is -0.704. The zero-order chi connectivity index (χ0) is 24.4. The minimum absolute atomic E-state index is 0.00202. The summed E-state index contributed by atoms with van der Waals surface area (Å²) in [7, 11) is 0. The van der Waals surface area contributed by atoms with Gasteiger partial charge < -0.3 is 15.7 Å². The zero-order valence-corrected chi connectivity index (χ0v) is 21.3. The number of fused-ring (bicyclic) bond motifs is 1. The molecule has 2 aliphatic rings. The normalized spacial score (nSPS) is 29.9. The Bertz CT molecular complexity index is 990. The number of carbonyl (C=O) groups excluding carboxylic acids is 2. The van der Waals surface area contributed by atoms with Crippen molar-refractivity contribution in [2.75, 3.05) is 0 Å². The van der Waals surface area contributed by atoms with Crippen LogP contribution < -0.4 is 10.6 Å². The number of hydrogen-bond donors (Lipinski definition) is 3. The van der Waals surface area contributed by atoms with Crippen LogP contribution >= 0.6 is 11.3 Å². The van der Waals surface area contributed by atoms with Gasteiger partial charge in [-0.15, -0.1) is 11.3 Å². The molecule has 0 unspecified atom stereocenters. The van der Waals surface area contributed by atoms with Crippen LogP contribution in [0.25, 0.3) is 0 Å². The Morgan fingerprint density at radius 1 is 1.15 bits per heavy atom. The van der Waals surface area contributed by atoms with Crippen LogP contribution in [-0.4, -0.2) is 33.5 Å². The Balaban J connectivity index is 1.48. The quantitative estimate of drug-likeness (QED) is 0.524. The van der Waals surface area contributed by atoms with Crippen molar-refractivity contribution in [3.8, 4) is 0 Å². The molecule has 0 saturated heterocycles. The number of nitrogens with one attached hydrogen (secondary N) is 2. The first-order valence-electron chi connectivity index (χ1n) is 12.3. The van der Waals surface area contributed by atoms with E-state index in [-0.39, 0.29) is 34.6 Å². The van der Waals surface area contributed by atoms with Gasteiger partial charge in [-0.1, -0.05) is 26.0 Å². The highest BCUT2D eigenvalue weighted by Gasteiger charge is 2.61. The molecule has 2 aromatic rings. The lowest BCUT2D eigenvalue weighted by Crippen LogP contribution is -2.53. The SMILES string of the molecule is CC1(C)C[C@H](NC(=O)Cc2cccs2)[C@]2(CCC(=O)NCc3cccnc3)CC[C@@](C)(O)C[C@@H]12. The molecule has 0 aromatic carbocycles. The van der Waals surface area contributed by atoms with Gasteiger partial charge in [0.2, 0.25) is 11.8 Å². The summed E-state index contributed by atoms with van der Waals surface area (Å²) in [5.41, 5.74) is 0.0467. The van der Waals surface area contributed by atoms with Crippen molar-refractivity contribution >= 4 is 23.2 Å². The summed E-state index contributed by atoms with van der Waals surface area (Å²) >= 11 is 1.60. The van der Waals surface area contributed by atoms with Crippen LogP contribution in [0.15, 0.2) is 42.0 Å². The molecule has 7 heteroatoms. The van der Waals surface area contributed by atoms with Gasteiger partial charge in [-0.3, -0.25) is 14.6 Å². The fourth-order valence-electron chi connectivity index (χ4n) is 6.39. The van der Waals surface area contributed by atoms with E-state index in [1.165, 1.54) is 0 Å². The van der Waals surface area contributed by atoms with E-state index < -0.39 is 5.60 Å². The van der Waals surface area contributed by atoms with E-state index in [0.29, 0.717) is 38.6 Å². The van der Waals surface area contributed by atoms with Gasteiger partial charge in [-0.25, -0.2) is 0 Å². The molecule has 0 radical (unpaired) electrons. The first kappa shape index (κ1) is 24.9. The van der Waals surface area contributed by atoms with Crippen LogP contribution in [0.1, 0.15) is 69.7 Å². The lowest BCUT2D eigenvalue weighted by molar-refractivity contribution is -0.125. The summed E-state index contributed by atoms with van der Waals surface area (Å²) in [4.78, 5) is 30.9. The van der Waals surface area contributed by atoms with Crippen LogP contribution in [0.4, 0.5) is 0 Å².